The summed E-state index contributed by atoms with van der Waals surface area (Å²) in [5, 5.41) is 12.7. The van der Waals surface area contributed by atoms with Crippen LogP contribution < -0.4 is 10.6 Å². The van der Waals surface area contributed by atoms with E-state index in [-0.39, 0.29) is 11.8 Å². The lowest BCUT2D eigenvalue weighted by Gasteiger charge is -2.26. The first-order valence-corrected chi connectivity index (χ1v) is 10.8. The lowest BCUT2D eigenvalue weighted by Crippen LogP contribution is -2.48. The highest BCUT2D eigenvalue weighted by atomic mass is 16.2. The topological polar surface area (TPSA) is 75.1 Å². The number of aromatic nitrogens is 3. The molecular formula is C23H28N6O. The van der Waals surface area contributed by atoms with Gasteiger partial charge in [-0.15, -0.1) is 0 Å². The number of fused-ring (bicyclic) bond motifs is 1. The molecule has 30 heavy (non-hydrogen) atoms. The number of nitrogens with zero attached hydrogens (tertiary/aromatic N) is 4. The Morgan fingerprint density at radius 3 is 2.73 bits per heavy atom. The molecule has 156 valence electrons. The first kappa shape index (κ1) is 19.2. The molecule has 2 aromatic heterocycles. The van der Waals surface area contributed by atoms with E-state index in [0.717, 1.165) is 49.1 Å². The molecule has 1 amide bonds. The number of hydrogen-bond acceptors (Lipinski definition) is 5. The van der Waals surface area contributed by atoms with Gasteiger partial charge in [0.2, 0.25) is 5.91 Å². The van der Waals surface area contributed by atoms with E-state index < -0.39 is 0 Å². The number of pyridine rings is 1. The van der Waals surface area contributed by atoms with E-state index in [2.05, 4.69) is 43.8 Å². The first-order chi connectivity index (χ1) is 14.7. The normalized spacial score (nSPS) is 17.8. The van der Waals surface area contributed by atoms with Crippen molar-refractivity contribution >= 4 is 22.5 Å². The van der Waals surface area contributed by atoms with Crippen LogP contribution in [0.3, 0.4) is 0 Å². The van der Waals surface area contributed by atoms with E-state index in [1.54, 1.807) is 0 Å². The van der Waals surface area contributed by atoms with Gasteiger partial charge < -0.3 is 10.6 Å². The van der Waals surface area contributed by atoms with Crippen LogP contribution in [0, 0.1) is 5.92 Å². The predicted octanol–water partition coefficient (Wildman–Crippen LogP) is 2.78. The van der Waals surface area contributed by atoms with Crippen molar-refractivity contribution in [2.45, 2.75) is 25.8 Å². The van der Waals surface area contributed by atoms with Crippen LogP contribution in [-0.2, 0) is 18.4 Å². The molecule has 2 fully saturated rings. The molecule has 0 spiro atoms. The summed E-state index contributed by atoms with van der Waals surface area (Å²) in [6, 6.07) is 8.37. The van der Waals surface area contributed by atoms with E-state index in [1.165, 1.54) is 30.5 Å². The minimum atomic E-state index is 0.0350. The molecule has 5 rings (SSSR count). The van der Waals surface area contributed by atoms with Crippen molar-refractivity contribution in [2.24, 2.45) is 13.0 Å². The summed E-state index contributed by atoms with van der Waals surface area (Å²) in [5.41, 5.74) is 3.57. The number of piperidine rings is 1. The van der Waals surface area contributed by atoms with Crippen LogP contribution in [0.25, 0.3) is 21.9 Å². The largest absolute Gasteiger partial charge is 0.315 e. The van der Waals surface area contributed by atoms with Gasteiger partial charge in [0.15, 0.2) is 0 Å². The van der Waals surface area contributed by atoms with Gasteiger partial charge >= 0.3 is 0 Å². The Balaban J connectivity index is 1.42. The summed E-state index contributed by atoms with van der Waals surface area (Å²) >= 11 is 0. The van der Waals surface area contributed by atoms with E-state index in [1.807, 2.05) is 30.2 Å². The fourth-order valence-corrected chi connectivity index (χ4v) is 4.30. The SMILES string of the molecule is Cn1ncc(-c2ccc3cnc(NC(=O)C4CNC4)cc3c2)c1CN1CCCCC1. The standard InChI is InChI=1S/C23H28N6O/c1-28-21(15-29-7-3-2-4-8-29)20(14-26-28)16-5-6-17-13-25-22(10-18(17)9-16)27-23(30)19-11-24-12-19/h5-6,9-10,13-14,19,24H,2-4,7-8,11-12,15H2,1H3,(H,25,27,30). The highest BCUT2D eigenvalue weighted by Gasteiger charge is 2.25. The van der Waals surface area contributed by atoms with Crippen molar-refractivity contribution < 1.29 is 4.79 Å². The van der Waals surface area contributed by atoms with Gasteiger partial charge in [-0.1, -0.05) is 18.6 Å². The Hall–Kier alpha value is -2.77. The van der Waals surface area contributed by atoms with Crippen LogP contribution in [0.1, 0.15) is 25.0 Å². The zero-order valence-corrected chi connectivity index (χ0v) is 17.4. The number of carbonyl (C=O) groups is 1. The number of hydrogen-bond donors (Lipinski definition) is 2. The second kappa shape index (κ2) is 8.16. The molecule has 0 radical (unpaired) electrons. The van der Waals surface area contributed by atoms with Crippen molar-refractivity contribution in [3.63, 3.8) is 0 Å². The van der Waals surface area contributed by atoms with E-state index in [0.29, 0.717) is 5.82 Å². The molecule has 0 aliphatic carbocycles. The summed E-state index contributed by atoms with van der Waals surface area (Å²) in [5.74, 6) is 0.686. The number of amides is 1. The van der Waals surface area contributed by atoms with E-state index >= 15 is 0 Å². The van der Waals surface area contributed by atoms with Gasteiger partial charge in [-0.2, -0.15) is 5.10 Å². The first-order valence-electron chi connectivity index (χ1n) is 10.8. The van der Waals surface area contributed by atoms with E-state index in [9.17, 15) is 4.79 Å². The van der Waals surface area contributed by atoms with Crippen molar-refractivity contribution in [1.29, 1.82) is 0 Å². The van der Waals surface area contributed by atoms with Crippen LogP contribution in [-0.4, -0.2) is 51.8 Å². The molecule has 4 heterocycles. The van der Waals surface area contributed by atoms with Gasteiger partial charge in [-0.25, -0.2) is 4.98 Å². The Bertz CT molecular complexity index is 1060. The average Bonchev–Trinajstić information content (AvgIpc) is 3.07. The Labute approximate surface area is 176 Å². The molecule has 0 atom stereocenters. The molecule has 2 aliphatic rings. The highest BCUT2D eigenvalue weighted by molar-refractivity contribution is 5.95. The second-order valence-corrected chi connectivity index (χ2v) is 8.44. The van der Waals surface area contributed by atoms with Crippen LogP contribution in [0.2, 0.25) is 0 Å². The van der Waals surface area contributed by atoms with Gasteiger partial charge in [0.05, 0.1) is 17.8 Å². The average molecular weight is 405 g/mol. The molecular weight excluding hydrogens is 376 g/mol. The minimum Gasteiger partial charge on any atom is -0.315 e. The number of rotatable bonds is 5. The smallest absolute Gasteiger partial charge is 0.231 e. The number of anilines is 1. The maximum Gasteiger partial charge on any atom is 0.231 e. The molecule has 3 aromatic rings. The monoisotopic (exact) mass is 404 g/mol. The molecule has 2 N–H and O–H groups in total. The van der Waals surface area contributed by atoms with Crippen molar-refractivity contribution in [1.82, 2.24) is 25.0 Å². The Morgan fingerprint density at radius 2 is 1.97 bits per heavy atom. The maximum absolute atomic E-state index is 12.2. The molecule has 7 nitrogen and oxygen atoms in total. The summed E-state index contributed by atoms with van der Waals surface area (Å²) in [4.78, 5) is 19.2. The molecule has 0 unspecified atom stereocenters. The number of likely N-dealkylation sites (tertiary alicyclic amines) is 1. The summed E-state index contributed by atoms with van der Waals surface area (Å²) in [7, 11) is 2.02. The number of nitrogens with one attached hydrogen (secondary N) is 2. The van der Waals surface area contributed by atoms with Gasteiger partial charge in [0.25, 0.3) is 0 Å². The van der Waals surface area contributed by atoms with Gasteiger partial charge in [0, 0.05) is 43.8 Å². The molecule has 0 bridgehead atoms. The van der Waals surface area contributed by atoms with Crippen LogP contribution in [0.15, 0.2) is 36.7 Å². The quantitative estimate of drug-likeness (QED) is 0.684. The number of aryl methyl sites for hydroxylation is 1. The van der Waals surface area contributed by atoms with Crippen molar-refractivity contribution in [3.8, 4) is 11.1 Å². The number of benzene rings is 1. The van der Waals surface area contributed by atoms with Gasteiger partial charge in [-0.05, 0) is 49.0 Å². The van der Waals surface area contributed by atoms with Crippen molar-refractivity contribution in [3.05, 3.63) is 42.4 Å². The third-order valence-corrected chi connectivity index (χ3v) is 6.32. The fourth-order valence-electron chi connectivity index (χ4n) is 4.30. The second-order valence-electron chi connectivity index (χ2n) is 8.44. The predicted molar refractivity (Wildman–Crippen MR) is 118 cm³/mol. The van der Waals surface area contributed by atoms with Gasteiger partial charge in [-0.3, -0.25) is 14.4 Å². The molecule has 7 heteroatoms. The maximum atomic E-state index is 12.2. The van der Waals surface area contributed by atoms with Crippen LogP contribution in [0.5, 0.6) is 0 Å². The molecule has 2 saturated heterocycles. The Morgan fingerprint density at radius 1 is 1.13 bits per heavy atom. The van der Waals surface area contributed by atoms with Crippen LogP contribution >= 0.6 is 0 Å². The van der Waals surface area contributed by atoms with Crippen LogP contribution in [0.4, 0.5) is 5.82 Å². The van der Waals surface area contributed by atoms with Gasteiger partial charge in [0.1, 0.15) is 5.82 Å². The Kier molecular flexibility index (Phi) is 5.23. The number of carbonyl (C=O) groups excluding carboxylic acids is 1. The molecule has 2 aliphatic heterocycles. The lowest BCUT2D eigenvalue weighted by molar-refractivity contribution is -0.121. The minimum absolute atomic E-state index is 0.0350. The molecule has 1 aromatic carbocycles. The fraction of sp³-hybridized carbons (Fsp3) is 0.435. The summed E-state index contributed by atoms with van der Waals surface area (Å²) < 4.78 is 2.00. The van der Waals surface area contributed by atoms with E-state index in [4.69, 9.17) is 0 Å². The third kappa shape index (κ3) is 3.82. The zero-order chi connectivity index (χ0) is 20.5. The summed E-state index contributed by atoms with van der Waals surface area (Å²) in [6.45, 7) is 4.73. The zero-order valence-electron chi connectivity index (χ0n) is 17.4. The lowest BCUT2D eigenvalue weighted by atomic mass is 10.0. The van der Waals surface area contributed by atoms with Crippen molar-refractivity contribution in [2.75, 3.05) is 31.5 Å². The highest BCUT2D eigenvalue weighted by Crippen LogP contribution is 2.29. The summed E-state index contributed by atoms with van der Waals surface area (Å²) in [6.07, 6.45) is 7.69. The third-order valence-electron chi connectivity index (χ3n) is 6.32. The molecule has 0 saturated carbocycles.